The van der Waals surface area contributed by atoms with Crippen LogP contribution in [0.4, 0.5) is 5.69 Å². The zero-order valence-electron chi connectivity index (χ0n) is 11.4. The first-order chi connectivity index (χ1) is 8.53. The van der Waals surface area contributed by atoms with Gasteiger partial charge in [-0.1, -0.05) is 17.7 Å². The van der Waals surface area contributed by atoms with Crippen LogP contribution in [0.1, 0.15) is 18.4 Å². The Morgan fingerprint density at radius 2 is 1.79 bits per heavy atom. The van der Waals surface area contributed by atoms with E-state index >= 15 is 0 Å². The molecular weight excluding hydrogens is 264 g/mol. The van der Waals surface area contributed by atoms with Crippen molar-refractivity contribution in [3.63, 3.8) is 0 Å². The van der Waals surface area contributed by atoms with Crippen LogP contribution < -0.4 is 10.6 Å². The van der Waals surface area contributed by atoms with Crippen molar-refractivity contribution in [3.05, 3.63) is 29.8 Å². The highest BCUT2D eigenvalue weighted by Gasteiger charge is 2.38. The summed E-state index contributed by atoms with van der Waals surface area (Å²) in [6.07, 6.45) is 1.17. The first-order valence-corrected chi connectivity index (χ1v) is 6.24. The Bertz CT molecular complexity index is 428. The molecule has 0 unspecified atom stereocenters. The second kappa shape index (κ2) is 6.37. The number of amides is 1. The molecule has 0 saturated carbocycles. The smallest absolute Gasteiger partial charge is 0.246 e. The van der Waals surface area contributed by atoms with Gasteiger partial charge in [0.25, 0.3) is 0 Å². The number of carbonyl (C=O) groups is 1. The molecule has 1 aromatic rings. The zero-order chi connectivity index (χ0) is 13.2. The number of halogens is 1. The molecule has 19 heavy (non-hydrogen) atoms. The summed E-state index contributed by atoms with van der Waals surface area (Å²) in [6.45, 7) is 3.14. The maximum atomic E-state index is 12.5. The molecule has 5 heteroatoms. The molecular formula is C14H21ClN2O2. The van der Waals surface area contributed by atoms with E-state index in [0.29, 0.717) is 26.1 Å². The molecule has 2 rings (SSSR count). The minimum atomic E-state index is -0.780. The van der Waals surface area contributed by atoms with E-state index in [-0.39, 0.29) is 18.3 Å². The summed E-state index contributed by atoms with van der Waals surface area (Å²) in [5.74, 6) is -0.0327. The van der Waals surface area contributed by atoms with Crippen LogP contribution in [-0.4, -0.2) is 31.7 Å². The second-order valence-corrected chi connectivity index (χ2v) is 4.97. The van der Waals surface area contributed by atoms with Crippen LogP contribution in [-0.2, 0) is 9.53 Å². The van der Waals surface area contributed by atoms with Crippen molar-refractivity contribution in [2.75, 3.05) is 25.2 Å². The van der Waals surface area contributed by atoms with Crippen molar-refractivity contribution in [2.45, 2.75) is 25.3 Å². The summed E-state index contributed by atoms with van der Waals surface area (Å²) in [5.41, 5.74) is 7.47. The Hall–Kier alpha value is -1.10. The van der Waals surface area contributed by atoms with Gasteiger partial charge in [0.05, 0.1) is 0 Å². The van der Waals surface area contributed by atoms with Gasteiger partial charge in [-0.2, -0.15) is 0 Å². The summed E-state index contributed by atoms with van der Waals surface area (Å²) in [4.78, 5) is 14.1. The van der Waals surface area contributed by atoms with E-state index in [2.05, 4.69) is 0 Å². The highest BCUT2D eigenvalue weighted by atomic mass is 35.5. The molecule has 0 aliphatic carbocycles. The van der Waals surface area contributed by atoms with Gasteiger partial charge in [0.15, 0.2) is 0 Å². The number of nitrogens with two attached hydrogens (primary N) is 1. The fourth-order valence-electron chi connectivity index (χ4n) is 2.17. The van der Waals surface area contributed by atoms with E-state index in [1.165, 1.54) is 5.56 Å². The Kier molecular flexibility index (Phi) is 5.35. The molecule has 0 atom stereocenters. The Labute approximate surface area is 120 Å². The van der Waals surface area contributed by atoms with Crippen LogP contribution in [0.25, 0.3) is 0 Å². The van der Waals surface area contributed by atoms with E-state index < -0.39 is 5.54 Å². The van der Waals surface area contributed by atoms with Crippen molar-refractivity contribution >= 4 is 24.0 Å². The fourth-order valence-corrected chi connectivity index (χ4v) is 2.17. The molecule has 1 heterocycles. The quantitative estimate of drug-likeness (QED) is 0.902. The number of likely N-dealkylation sites (N-methyl/N-ethyl adjacent to an activating group) is 1. The van der Waals surface area contributed by atoms with E-state index in [1.807, 2.05) is 31.2 Å². The molecule has 1 fully saturated rings. The van der Waals surface area contributed by atoms with Crippen LogP contribution in [0.2, 0.25) is 0 Å². The fraction of sp³-hybridized carbons (Fsp3) is 0.500. The van der Waals surface area contributed by atoms with Crippen LogP contribution in [0.15, 0.2) is 24.3 Å². The van der Waals surface area contributed by atoms with E-state index in [9.17, 15) is 4.79 Å². The summed E-state index contributed by atoms with van der Waals surface area (Å²) < 4.78 is 5.27. The van der Waals surface area contributed by atoms with E-state index in [4.69, 9.17) is 10.5 Å². The van der Waals surface area contributed by atoms with Crippen molar-refractivity contribution in [3.8, 4) is 0 Å². The Balaban J connectivity index is 0.00000180. The first-order valence-electron chi connectivity index (χ1n) is 6.24. The number of carbonyl (C=O) groups excluding carboxylic acids is 1. The molecule has 1 amide bonds. The summed E-state index contributed by atoms with van der Waals surface area (Å²) >= 11 is 0. The highest BCUT2D eigenvalue weighted by molar-refractivity contribution is 5.99. The summed E-state index contributed by atoms with van der Waals surface area (Å²) in [6, 6.07) is 7.87. The highest BCUT2D eigenvalue weighted by Crippen LogP contribution is 2.23. The predicted octanol–water partition coefficient (Wildman–Crippen LogP) is 1.89. The number of rotatable bonds is 2. The lowest BCUT2D eigenvalue weighted by atomic mass is 9.89. The topological polar surface area (TPSA) is 55.6 Å². The standard InChI is InChI=1S/C14H20N2O2.ClH/c1-11-3-5-12(6-4-11)16(2)13(17)14(15)7-9-18-10-8-14;/h3-6H,7-10,15H2,1-2H3;1H. The average molecular weight is 285 g/mol. The number of nitrogens with zero attached hydrogens (tertiary/aromatic N) is 1. The molecule has 1 aliphatic rings. The normalized spacial score (nSPS) is 17.4. The first kappa shape index (κ1) is 16.0. The van der Waals surface area contributed by atoms with Gasteiger partial charge in [-0.15, -0.1) is 12.4 Å². The maximum absolute atomic E-state index is 12.5. The predicted molar refractivity (Wildman–Crippen MR) is 78.8 cm³/mol. The average Bonchev–Trinajstić information content (AvgIpc) is 2.39. The monoisotopic (exact) mass is 284 g/mol. The van der Waals surface area contributed by atoms with Crippen molar-refractivity contribution in [1.29, 1.82) is 0 Å². The molecule has 2 N–H and O–H groups in total. The molecule has 0 aromatic heterocycles. The molecule has 0 radical (unpaired) electrons. The third-order valence-electron chi connectivity index (χ3n) is 3.54. The Morgan fingerprint density at radius 1 is 1.26 bits per heavy atom. The third kappa shape index (κ3) is 3.47. The number of aryl methyl sites for hydroxylation is 1. The summed E-state index contributed by atoms with van der Waals surface area (Å²) in [5, 5.41) is 0. The van der Waals surface area contributed by atoms with Gasteiger partial charge in [0.2, 0.25) is 5.91 Å². The maximum Gasteiger partial charge on any atom is 0.246 e. The van der Waals surface area contributed by atoms with Gasteiger partial charge >= 0.3 is 0 Å². The minimum absolute atomic E-state index is 0. The molecule has 1 aliphatic heterocycles. The second-order valence-electron chi connectivity index (χ2n) is 4.97. The number of hydrogen-bond donors (Lipinski definition) is 1. The van der Waals surface area contributed by atoms with E-state index in [1.54, 1.807) is 11.9 Å². The molecule has 1 aromatic carbocycles. The lowest BCUT2D eigenvalue weighted by Gasteiger charge is -2.35. The van der Waals surface area contributed by atoms with Gasteiger partial charge in [-0.3, -0.25) is 4.79 Å². The minimum Gasteiger partial charge on any atom is -0.381 e. The van der Waals surface area contributed by atoms with Crippen molar-refractivity contribution in [1.82, 2.24) is 0 Å². The van der Waals surface area contributed by atoms with Crippen LogP contribution in [0, 0.1) is 6.92 Å². The molecule has 4 nitrogen and oxygen atoms in total. The molecule has 1 saturated heterocycles. The van der Waals surface area contributed by atoms with Crippen molar-refractivity contribution in [2.24, 2.45) is 5.73 Å². The van der Waals surface area contributed by atoms with Crippen molar-refractivity contribution < 1.29 is 9.53 Å². The number of ether oxygens (including phenoxy) is 1. The largest absolute Gasteiger partial charge is 0.381 e. The lowest BCUT2D eigenvalue weighted by Crippen LogP contribution is -2.57. The van der Waals surface area contributed by atoms with Gasteiger partial charge < -0.3 is 15.4 Å². The molecule has 0 bridgehead atoms. The van der Waals surface area contributed by atoms with Gasteiger partial charge in [0.1, 0.15) is 5.54 Å². The van der Waals surface area contributed by atoms with Gasteiger partial charge in [0, 0.05) is 25.9 Å². The number of anilines is 1. The SMILES string of the molecule is Cc1ccc(N(C)C(=O)C2(N)CCOCC2)cc1.Cl. The number of hydrogen-bond acceptors (Lipinski definition) is 3. The molecule has 0 spiro atoms. The van der Waals surface area contributed by atoms with E-state index in [0.717, 1.165) is 5.69 Å². The lowest BCUT2D eigenvalue weighted by molar-refractivity contribution is -0.126. The number of benzene rings is 1. The van der Waals surface area contributed by atoms with Crippen LogP contribution >= 0.6 is 12.4 Å². The van der Waals surface area contributed by atoms with Crippen LogP contribution in [0.3, 0.4) is 0 Å². The molecule has 106 valence electrons. The van der Waals surface area contributed by atoms with Gasteiger partial charge in [-0.25, -0.2) is 0 Å². The van der Waals surface area contributed by atoms with Gasteiger partial charge in [-0.05, 0) is 31.9 Å². The Morgan fingerprint density at radius 3 is 2.32 bits per heavy atom. The third-order valence-corrected chi connectivity index (χ3v) is 3.54. The van der Waals surface area contributed by atoms with Crippen LogP contribution in [0.5, 0.6) is 0 Å². The summed E-state index contributed by atoms with van der Waals surface area (Å²) in [7, 11) is 1.77. The zero-order valence-corrected chi connectivity index (χ0v) is 12.2.